The van der Waals surface area contributed by atoms with Crippen LogP contribution in [0.25, 0.3) is 0 Å². The maximum atomic E-state index is 6.47. The molecule has 0 saturated heterocycles. The van der Waals surface area contributed by atoms with E-state index in [1.807, 2.05) is 11.8 Å². The van der Waals surface area contributed by atoms with Crippen LogP contribution in [0.3, 0.4) is 0 Å². The van der Waals surface area contributed by atoms with Gasteiger partial charge in [-0.2, -0.15) is 0 Å². The maximum absolute atomic E-state index is 6.47. The molecule has 0 aliphatic heterocycles. The van der Waals surface area contributed by atoms with Gasteiger partial charge in [0.25, 0.3) is 0 Å². The van der Waals surface area contributed by atoms with Gasteiger partial charge in [0.2, 0.25) is 0 Å². The van der Waals surface area contributed by atoms with Crippen LogP contribution in [0, 0.1) is 55.4 Å². The first-order valence-electron chi connectivity index (χ1n) is 7.79. The number of rotatable bonds is 2. The topological polar surface area (TPSA) is 0 Å². The van der Waals surface area contributed by atoms with Gasteiger partial charge in [0, 0.05) is 19.8 Å². The van der Waals surface area contributed by atoms with Crippen molar-refractivity contribution in [1.82, 2.24) is 0 Å². The largest absolute Gasteiger partial charge is 0.0889 e. The van der Waals surface area contributed by atoms with Crippen LogP contribution in [0.15, 0.2) is 9.79 Å². The van der Waals surface area contributed by atoms with Crippen LogP contribution in [-0.4, -0.2) is 0 Å². The molecule has 0 unspecified atom stereocenters. The zero-order chi connectivity index (χ0) is 17.6. The number of halogens is 2. The minimum atomic E-state index is 0.890. The summed E-state index contributed by atoms with van der Waals surface area (Å²) in [4.78, 5) is 2.63. The van der Waals surface area contributed by atoms with Crippen molar-refractivity contribution in [3.63, 3.8) is 0 Å². The number of hydrogen-bond donors (Lipinski definition) is 0. The highest BCUT2D eigenvalue weighted by Crippen LogP contribution is 2.44. The van der Waals surface area contributed by atoms with Crippen molar-refractivity contribution >= 4 is 35.0 Å². The molecule has 0 atom stereocenters. The Bertz CT molecular complexity index is 679. The third-order valence-electron chi connectivity index (χ3n) is 5.13. The summed E-state index contributed by atoms with van der Waals surface area (Å²) in [6, 6.07) is 0. The molecule has 2 rings (SSSR count). The van der Waals surface area contributed by atoms with Crippen LogP contribution >= 0.6 is 35.0 Å². The molecule has 0 bridgehead atoms. The molecular weight excluding hydrogens is 343 g/mol. The summed E-state index contributed by atoms with van der Waals surface area (Å²) in [5.41, 5.74) is 9.79. The molecule has 0 aliphatic carbocycles. The van der Waals surface area contributed by atoms with Crippen molar-refractivity contribution in [2.75, 3.05) is 0 Å². The van der Waals surface area contributed by atoms with Gasteiger partial charge in [-0.05, 0) is 99.9 Å². The molecule has 0 N–H and O–H groups in total. The zero-order valence-electron chi connectivity index (χ0n) is 15.2. The standard InChI is InChI=1S/C20H24Cl2S/c1-9-13(5)19(14(6)10(2)17(9)21)23-20-15(7)11(3)18(22)12(4)16(20)8/h1-8H3. The van der Waals surface area contributed by atoms with E-state index in [2.05, 4.69) is 55.4 Å². The smallest absolute Gasteiger partial charge is 0.0470 e. The maximum Gasteiger partial charge on any atom is 0.0470 e. The Hall–Kier alpha value is -0.630. The van der Waals surface area contributed by atoms with Crippen LogP contribution < -0.4 is 0 Å². The van der Waals surface area contributed by atoms with Crippen molar-refractivity contribution in [1.29, 1.82) is 0 Å². The average Bonchev–Trinajstić information content (AvgIpc) is 2.54. The van der Waals surface area contributed by atoms with Crippen molar-refractivity contribution in [2.45, 2.75) is 65.2 Å². The minimum Gasteiger partial charge on any atom is -0.0889 e. The van der Waals surface area contributed by atoms with E-state index < -0.39 is 0 Å². The second-order valence-corrected chi connectivity index (χ2v) is 8.16. The Balaban J connectivity index is 2.71. The van der Waals surface area contributed by atoms with Gasteiger partial charge >= 0.3 is 0 Å². The molecule has 0 aromatic heterocycles. The van der Waals surface area contributed by atoms with Gasteiger partial charge < -0.3 is 0 Å². The highest BCUT2D eigenvalue weighted by atomic mass is 35.5. The van der Waals surface area contributed by atoms with Gasteiger partial charge in [0.1, 0.15) is 0 Å². The second-order valence-electron chi connectivity index (χ2n) is 6.39. The van der Waals surface area contributed by atoms with E-state index >= 15 is 0 Å². The van der Waals surface area contributed by atoms with Gasteiger partial charge in [-0.1, -0.05) is 35.0 Å². The predicted octanol–water partition coefficient (Wildman–Crippen LogP) is 7.61. The fourth-order valence-corrected chi connectivity index (χ4v) is 4.87. The molecule has 2 aromatic rings. The van der Waals surface area contributed by atoms with E-state index in [-0.39, 0.29) is 0 Å². The molecule has 23 heavy (non-hydrogen) atoms. The molecule has 0 amide bonds. The lowest BCUT2D eigenvalue weighted by Crippen LogP contribution is -1.99. The Morgan fingerprint density at radius 2 is 0.652 bits per heavy atom. The summed E-state index contributed by atoms with van der Waals surface area (Å²) >= 11 is 14.8. The molecule has 124 valence electrons. The molecule has 0 fully saturated rings. The Morgan fingerprint density at radius 1 is 0.435 bits per heavy atom. The van der Waals surface area contributed by atoms with Crippen molar-refractivity contribution < 1.29 is 0 Å². The fourth-order valence-electron chi connectivity index (χ4n) is 2.87. The fraction of sp³-hybridized carbons (Fsp3) is 0.400. The molecule has 0 radical (unpaired) electrons. The Kier molecular flexibility index (Phi) is 5.45. The Morgan fingerprint density at radius 3 is 0.870 bits per heavy atom. The SMILES string of the molecule is Cc1c(C)c(Sc2c(C)c(C)c(Cl)c(C)c2C)c(C)c(C)c1Cl. The van der Waals surface area contributed by atoms with E-state index in [9.17, 15) is 0 Å². The zero-order valence-corrected chi connectivity index (χ0v) is 17.5. The van der Waals surface area contributed by atoms with Gasteiger partial charge in [-0.15, -0.1) is 0 Å². The first-order valence-corrected chi connectivity index (χ1v) is 9.36. The van der Waals surface area contributed by atoms with Crippen LogP contribution in [0.2, 0.25) is 10.0 Å². The summed E-state index contributed by atoms with van der Waals surface area (Å²) in [6.45, 7) is 17.1. The van der Waals surface area contributed by atoms with E-state index in [1.165, 1.54) is 54.3 Å². The predicted molar refractivity (Wildman–Crippen MR) is 105 cm³/mol. The lowest BCUT2D eigenvalue weighted by Gasteiger charge is -2.21. The normalized spacial score (nSPS) is 11.2. The van der Waals surface area contributed by atoms with Crippen LogP contribution in [0.4, 0.5) is 0 Å². The van der Waals surface area contributed by atoms with Crippen molar-refractivity contribution in [3.8, 4) is 0 Å². The molecule has 2 aromatic carbocycles. The molecule has 0 spiro atoms. The quantitative estimate of drug-likeness (QED) is 0.526. The van der Waals surface area contributed by atoms with Crippen molar-refractivity contribution in [2.24, 2.45) is 0 Å². The third kappa shape index (κ3) is 3.04. The van der Waals surface area contributed by atoms with Gasteiger partial charge in [0.05, 0.1) is 0 Å². The minimum absolute atomic E-state index is 0.890. The summed E-state index contributed by atoms with van der Waals surface area (Å²) in [7, 11) is 0. The summed E-state index contributed by atoms with van der Waals surface area (Å²) in [5.74, 6) is 0. The molecule has 0 saturated carbocycles. The average molecular weight is 367 g/mol. The van der Waals surface area contributed by atoms with E-state index in [0.29, 0.717) is 0 Å². The molecule has 0 aliphatic rings. The summed E-state index contributed by atoms with van der Waals surface area (Å²) in [6.07, 6.45) is 0. The van der Waals surface area contributed by atoms with Crippen molar-refractivity contribution in [3.05, 3.63) is 54.6 Å². The first-order chi connectivity index (χ1) is 10.6. The second kappa shape index (κ2) is 6.70. The lowest BCUT2D eigenvalue weighted by molar-refractivity contribution is 1.10. The van der Waals surface area contributed by atoms with Gasteiger partial charge in [0.15, 0.2) is 0 Å². The number of benzene rings is 2. The third-order valence-corrected chi connectivity index (χ3v) is 7.90. The van der Waals surface area contributed by atoms with Crippen LogP contribution in [-0.2, 0) is 0 Å². The van der Waals surface area contributed by atoms with Crippen LogP contribution in [0.5, 0.6) is 0 Å². The summed E-state index contributed by atoms with van der Waals surface area (Å²) in [5, 5.41) is 1.78. The number of hydrogen-bond acceptors (Lipinski definition) is 1. The highest BCUT2D eigenvalue weighted by Gasteiger charge is 2.19. The first kappa shape index (κ1) is 18.7. The van der Waals surface area contributed by atoms with E-state index in [1.54, 1.807) is 0 Å². The monoisotopic (exact) mass is 366 g/mol. The Labute approximate surface area is 154 Å². The molecular formula is C20H24Cl2S. The molecule has 3 heteroatoms. The van der Waals surface area contributed by atoms with Crippen LogP contribution in [0.1, 0.15) is 44.5 Å². The van der Waals surface area contributed by atoms with E-state index in [0.717, 1.165) is 10.0 Å². The van der Waals surface area contributed by atoms with Gasteiger partial charge in [-0.3, -0.25) is 0 Å². The van der Waals surface area contributed by atoms with E-state index in [4.69, 9.17) is 23.2 Å². The highest BCUT2D eigenvalue weighted by molar-refractivity contribution is 7.99. The summed E-state index contributed by atoms with van der Waals surface area (Å²) < 4.78 is 0. The lowest BCUT2D eigenvalue weighted by atomic mass is 10.0. The molecule has 0 heterocycles. The molecule has 0 nitrogen and oxygen atoms in total. The van der Waals surface area contributed by atoms with Gasteiger partial charge in [-0.25, -0.2) is 0 Å².